The van der Waals surface area contributed by atoms with E-state index in [0.717, 1.165) is 29.3 Å². The fourth-order valence-electron chi connectivity index (χ4n) is 2.82. The molecule has 1 amide bonds. The Labute approximate surface area is 131 Å². The number of aryl methyl sites for hydroxylation is 1. The summed E-state index contributed by atoms with van der Waals surface area (Å²) in [6.07, 6.45) is 4.84. The predicted octanol–water partition coefficient (Wildman–Crippen LogP) is 2.57. The van der Waals surface area contributed by atoms with Gasteiger partial charge in [0.25, 0.3) is 5.91 Å². The number of nitrogens with two attached hydrogens (primary N) is 1. The number of benzene rings is 1. The van der Waals surface area contributed by atoms with Crippen molar-refractivity contribution in [3.8, 4) is 0 Å². The number of halogens is 1. The zero-order valence-electron chi connectivity index (χ0n) is 11.8. The van der Waals surface area contributed by atoms with Crippen LogP contribution in [0, 0.1) is 0 Å². The van der Waals surface area contributed by atoms with Crippen LogP contribution in [0.1, 0.15) is 40.5 Å². The lowest BCUT2D eigenvalue weighted by molar-refractivity contribution is 0.0933. The van der Waals surface area contributed by atoms with Crippen LogP contribution in [0.15, 0.2) is 28.9 Å². The molecule has 0 radical (unpaired) electrons. The lowest BCUT2D eigenvalue weighted by atomic mass is 9.92. The summed E-state index contributed by atoms with van der Waals surface area (Å²) in [4.78, 5) is 12.5. The van der Waals surface area contributed by atoms with E-state index in [1.54, 1.807) is 12.1 Å². The van der Waals surface area contributed by atoms with Gasteiger partial charge in [0.15, 0.2) is 0 Å². The molecule has 1 aromatic carbocycles. The number of nitrogen functional groups attached to an aromatic ring is 1. The van der Waals surface area contributed by atoms with Gasteiger partial charge in [-0.3, -0.25) is 9.48 Å². The maximum absolute atomic E-state index is 12.5. The number of aromatic nitrogens is 2. The fourth-order valence-corrected chi connectivity index (χ4v) is 3.18. The molecule has 6 heteroatoms. The Morgan fingerprint density at radius 2 is 2.33 bits per heavy atom. The van der Waals surface area contributed by atoms with Crippen LogP contribution in [0.2, 0.25) is 0 Å². The summed E-state index contributed by atoms with van der Waals surface area (Å²) in [5.41, 5.74) is 9.20. The van der Waals surface area contributed by atoms with Crippen molar-refractivity contribution in [2.45, 2.75) is 25.3 Å². The second-order valence-corrected chi connectivity index (χ2v) is 6.24. The minimum atomic E-state index is -0.143. The van der Waals surface area contributed by atoms with Crippen LogP contribution in [0.25, 0.3) is 0 Å². The van der Waals surface area contributed by atoms with Gasteiger partial charge >= 0.3 is 0 Å². The number of nitrogens with zero attached hydrogens (tertiary/aromatic N) is 2. The lowest BCUT2D eigenvalue weighted by Gasteiger charge is -2.24. The van der Waals surface area contributed by atoms with Gasteiger partial charge in [-0.1, -0.05) is 15.9 Å². The second-order valence-electron chi connectivity index (χ2n) is 5.32. The Morgan fingerprint density at radius 1 is 1.52 bits per heavy atom. The Balaban J connectivity index is 1.84. The monoisotopic (exact) mass is 348 g/mol. The molecule has 0 bridgehead atoms. The zero-order valence-corrected chi connectivity index (χ0v) is 13.4. The van der Waals surface area contributed by atoms with Crippen LogP contribution in [0.4, 0.5) is 5.69 Å². The van der Waals surface area contributed by atoms with Gasteiger partial charge in [0.2, 0.25) is 0 Å². The van der Waals surface area contributed by atoms with Crippen LogP contribution >= 0.6 is 15.9 Å². The summed E-state index contributed by atoms with van der Waals surface area (Å²) in [5, 5.41) is 7.37. The molecule has 1 aromatic heterocycles. The number of rotatable bonds is 2. The topological polar surface area (TPSA) is 72.9 Å². The van der Waals surface area contributed by atoms with E-state index >= 15 is 0 Å². The molecule has 110 valence electrons. The van der Waals surface area contributed by atoms with Crippen molar-refractivity contribution in [2.75, 3.05) is 5.73 Å². The average Bonchev–Trinajstić information content (AvgIpc) is 2.84. The third-order valence-electron chi connectivity index (χ3n) is 3.94. The lowest BCUT2D eigenvalue weighted by Crippen LogP contribution is -2.31. The van der Waals surface area contributed by atoms with Crippen LogP contribution in [-0.4, -0.2) is 15.7 Å². The molecule has 1 atom stereocenters. The maximum Gasteiger partial charge on any atom is 0.253 e. The third-order valence-corrected chi connectivity index (χ3v) is 4.43. The number of anilines is 1. The SMILES string of the molecule is Cn1ncc2c1CCCC2NC(=O)c1cc(Br)ccc1N. The first-order chi connectivity index (χ1) is 10.1. The van der Waals surface area contributed by atoms with Gasteiger partial charge in [0.05, 0.1) is 17.8 Å². The molecule has 2 aromatic rings. The van der Waals surface area contributed by atoms with Crippen molar-refractivity contribution in [3.63, 3.8) is 0 Å². The molecule has 1 unspecified atom stereocenters. The van der Waals surface area contributed by atoms with Gasteiger partial charge < -0.3 is 11.1 Å². The second kappa shape index (κ2) is 5.52. The van der Waals surface area contributed by atoms with E-state index in [2.05, 4.69) is 26.3 Å². The van der Waals surface area contributed by atoms with Crippen LogP contribution in [-0.2, 0) is 13.5 Å². The highest BCUT2D eigenvalue weighted by molar-refractivity contribution is 9.10. The maximum atomic E-state index is 12.5. The molecule has 3 rings (SSSR count). The first-order valence-electron chi connectivity index (χ1n) is 6.93. The van der Waals surface area contributed by atoms with Gasteiger partial charge in [0.1, 0.15) is 0 Å². The Hall–Kier alpha value is -1.82. The Kier molecular flexibility index (Phi) is 3.71. The minimum absolute atomic E-state index is 0.00771. The summed E-state index contributed by atoms with van der Waals surface area (Å²) in [6.45, 7) is 0. The highest BCUT2D eigenvalue weighted by atomic mass is 79.9. The molecule has 5 nitrogen and oxygen atoms in total. The largest absolute Gasteiger partial charge is 0.398 e. The number of hydrogen-bond acceptors (Lipinski definition) is 3. The average molecular weight is 349 g/mol. The molecule has 1 aliphatic rings. The number of carbonyl (C=O) groups excluding carboxylic acids is 1. The molecule has 3 N–H and O–H groups in total. The minimum Gasteiger partial charge on any atom is -0.398 e. The van der Waals surface area contributed by atoms with Crippen LogP contribution < -0.4 is 11.1 Å². The van der Waals surface area contributed by atoms with Crippen molar-refractivity contribution in [1.29, 1.82) is 0 Å². The molecule has 0 spiro atoms. The summed E-state index contributed by atoms with van der Waals surface area (Å²) in [5.74, 6) is -0.143. The summed E-state index contributed by atoms with van der Waals surface area (Å²) in [7, 11) is 1.94. The number of fused-ring (bicyclic) bond motifs is 1. The van der Waals surface area contributed by atoms with Crippen molar-refractivity contribution >= 4 is 27.5 Å². The number of carbonyl (C=O) groups is 1. The van der Waals surface area contributed by atoms with E-state index < -0.39 is 0 Å². The van der Waals surface area contributed by atoms with Gasteiger partial charge in [-0.05, 0) is 37.5 Å². The number of hydrogen-bond donors (Lipinski definition) is 2. The van der Waals surface area contributed by atoms with E-state index in [-0.39, 0.29) is 11.9 Å². The molecule has 0 aliphatic heterocycles. The summed E-state index contributed by atoms with van der Waals surface area (Å²) < 4.78 is 2.73. The van der Waals surface area contributed by atoms with Crippen molar-refractivity contribution in [1.82, 2.24) is 15.1 Å². The first kappa shape index (κ1) is 14.1. The van der Waals surface area contributed by atoms with Gasteiger partial charge in [-0.25, -0.2) is 0 Å². The smallest absolute Gasteiger partial charge is 0.253 e. The van der Waals surface area contributed by atoms with E-state index in [0.29, 0.717) is 11.3 Å². The van der Waals surface area contributed by atoms with Gasteiger partial charge in [-0.2, -0.15) is 5.10 Å². The van der Waals surface area contributed by atoms with Crippen molar-refractivity contribution in [2.24, 2.45) is 7.05 Å². The van der Waals surface area contributed by atoms with E-state index in [4.69, 9.17) is 5.73 Å². The van der Waals surface area contributed by atoms with Crippen LogP contribution in [0.3, 0.4) is 0 Å². The van der Waals surface area contributed by atoms with Crippen molar-refractivity contribution in [3.05, 3.63) is 45.7 Å². The highest BCUT2D eigenvalue weighted by Gasteiger charge is 2.25. The van der Waals surface area contributed by atoms with Gasteiger partial charge in [0, 0.05) is 28.5 Å². The Bertz CT molecular complexity index is 695. The normalized spacial score (nSPS) is 17.3. The number of nitrogens with one attached hydrogen (secondary N) is 1. The van der Waals surface area contributed by atoms with Gasteiger partial charge in [-0.15, -0.1) is 0 Å². The quantitative estimate of drug-likeness (QED) is 0.819. The zero-order chi connectivity index (χ0) is 15.0. The standard InChI is InChI=1S/C15H17BrN4O/c1-20-14-4-2-3-13(11(14)8-18-20)19-15(21)10-7-9(16)5-6-12(10)17/h5-8,13H,2-4,17H2,1H3,(H,19,21). The fraction of sp³-hybridized carbons (Fsp3) is 0.333. The van der Waals surface area contributed by atoms with Crippen LogP contribution in [0.5, 0.6) is 0 Å². The molecule has 0 saturated carbocycles. The molecule has 0 fully saturated rings. The predicted molar refractivity (Wildman–Crippen MR) is 84.9 cm³/mol. The Morgan fingerprint density at radius 3 is 3.14 bits per heavy atom. The van der Waals surface area contributed by atoms with E-state index in [9.17, 15) is 4.79 Å². The summed E-state index contributed by atoms with van der Waals surface area (Å²) >= 11 is 3.37. The molecule has 0 saturated heterocycles. The number of amides is 1. The third kappa shape index (κ3) is 2.68. The highest BCUT2D eigenvalue weighted by Crippen LogP contribution is 2.30. The molecular weight excluding hydrogens is 332 g/mol. The molecular formula is C15H17BrN4O. The first-order valence-corrected chi connectivity index (χ1v) is 7.72. The summed E-state index contributed by atoms with van der Waals surface area (Å²) in [6, 6.07) is 5.31. The van der Waals surface area contributed by atoms with E-state index in [1.165, 1.54) is 5.69 Å². The van der Waals surface area contributed by atoms with Crippen molar-refractivity contribution < 1.29 is 4.79 Å². The molecule has 1 aliphatic carbocycles. The molecule has 1 heterocycles. The molecule has 21 heavy (non-hydrogen) atoms. The van der Waals surface area contributed by atoms with E-state index in [1.807, 2.05) is 24.0 Å².